The zero-order valence-corrected chi connectivity index (χ0v) is 18.6. The molecule has 3 N–H and O–H groups in total. The summed E-state index contributed by atoms with van der Waals surface area (Å²) in [5.41, 5.74) is 8.39. The lowest BCUT2D eigenvalue weighted by Gasteiger charge is -2.24. The summed E-state index contributed by atoms with van der Waals surface area (Å²) in [6.07, 6.45) is 0. The number of ether oxygens (including phenoxy) is 2. The number of aromatic hydroxyl groups is 1. The van der Waals surface area contributed by atoms with Crippen molar-refractivity contribution in [3.8, 4) is 28.7 Å². The molecule has 5 rings (SSSR count). The maximum absolute atomic E-state index is 13.4. The summed E-state index contributed by atoms with van der Waals surface area (Å²) in [6, 6.07) is 20.9. The van der Waals surface area contributed by atoms with Crippen molar-refractivity contribution in [2.45, 2.75) is 13.8 Å². The SMILES string of the molecule is Cc1cccc(Oc2c(N)c3c(c(O)c2Oc2cccc(C)c2)C(=O)c2ccccc2C3=O)c1. The van der Waals surface area contributed by atoms with E-state index in [-0.39, 0.29) is 39.4 Å². The third-order valence-corrected chi connectivity index (χ3v) is 5.71. The van der Waals surface area contributed by atoms with Crippen molar-refractivity contribution < 1.29 is 24.2 Å². The Morgan fingerprint density at radius 3 is 1.71 bits per heavy atom. The van der Waals surface area contributed by atoms with E-state index >= 15 is 0 Å². The van der Waals surface area contributed by atoms with Gasteiger partial charge in [-0.1, -0.05) is 48.5 Å². The van der Waals surface area contributed by atoms with Gasteiger partial charge >= 0.3 is 0 Å². The molecule has 0 heterocycles. The van der Waals surface area contributed by atoms with Gasteiger partial charge in [-0.3, -0.25) is 9.59 Å². The van der Waals surface area contributed by atoms with Crippen LogP contribution in [0, 0.1) is 13.8 Å². The lowest BCUT2D eigenvalue weighted by atomic mass is 9.82. The molecule has 6 nitrogen and oxygen atoms in total. The molecule has 4 aromatic carbocycles. The molecule has 0 unspecified atom stereocenters. The molecule has 0 spiro atoms. The van der Waals surface area contributed by atoms with Crippen LogP contribution < -0.4 is 15.2 Å². The van der Waals surface area contributed by atoms with Crippen molar-refractivity contribution in [2.75, 3.05) is 5.73 Å². The first-order valence-electron chi connectivity index (χ1n) is 10.7. The Kier molecular flexibility index (Phi) is 5.06. The topological polar surface area (TPSA) is 98.8 Å². The molecule has 1 aliphatic carbocycles. The average Bonchev–Trinajstić information content (AvgIpc) is 2.82. The Balaban J connectivity index is 1.76. The Morgan fingerprint density at radius 2 is 1.18 bits per heavy atom. The first kappa shape index (κ1) is 21.3. The van der Waals surface area contributed by atoms with E-state index in [1.807, 2.05) is 32.0 Å². The predicted molar refractivity (Wildman–Crippen MR) is 128 cm³/mol. The van der Waals surface area contributed by atoms with Crippen molar-refractivity contribution >= 4 is 17.3 Å². The molecule has 0 aliphatic heterocycles. The summed E-state index contributed by atoms with van der Waals surface area (Å²) in [6.45, 7) is 3.81. The van der Waals surface area contributed by atoms with Gasteiger partial charge < -0.3 is 20.3 Å². The third kappa shape index (κ3) is 3.46. The van der Waals surface area contributed by atoms with Gasteiger partial charge in [-0.15, -0.1) is 0 Å². The molecule has 0 saturated carbocycles. The minimum atomic E-state index is -0.509. The number of hydrogen-bond donors (Lipinski definition) is 2. The first-order valence-corrected chi connectivity index (χ1v) is 10.7. The first-order chi connectivity index (χ1) is 16.3. The van der Waals surface area contributed by atoms with E-state index < -0.39 is 17.3 Å². The molecule has 0 fully saturated rings. The minimum absolute atomic E-state index is 0.0381. The van der Waals surface area contributed by atoms with Gasteiger partial charge in [0.2, 0.25) is 5.75 Å². The Hall–Kier alpha value is -4.58. The summed E-state index contributed by atoms with van der Waals surface area (Å²) in [7, 11) is 0. The van der Waals surface area contributed by atoms with Crippen LogP contribution in [-0.2, 0) is 0 Å². The second-order valence-corrected chi connectivity index (χ2v) is 8.21. The van der Waals surface area contributed by atoms with Crippen molar-refractivity contribution in [3.63, 3.8) is 0 Å². The second kappa shape index (κ2) is 8.08. The maximum Gasteiger partial charge on any atom is 0.214 e. The third-order valence-electron chi connectivity index (χ3n) is 5.71. The summed E-state index contributed by atoms with van der Waals surface area (Å²) in [4.78, 5) is 26.7. The fourth-order valence-corrected chi connectivity index (χ4v) is 4.10. The standard InChI is InChI=1S/C28H21NO5/c1-15-7-5-9-17(13-15)33-27-23(29)21-22(25(31)20-12-4-3-11-19(20)24(21)30)26(32)28(27)34-18-10-6-8-16(2)14-18/h3-14,32H,29H2,1-2H3. The average molecular weight is 451 g/mol. The van der Waals surface area contributed by atoms with E-state index in [4.69, 9.17) is 15.2 Å². The molecule has 0 aromatic heterocycles. The van der Waals surface area contributed by atoms with Crippen LogP contribution in [0.25, 0.3) is 0 Å². The van der Waals surface area contributed by atoms with Gasteiger partial charge in [-0.05, 0) is 49.2 Å². The zero-order chi connectivity index (χ0) is 24.0. The summed E-state index contributed by atoms with van der Waals surface area (Å²) in [5, 5.41) is 11.3. The van der Waals surface area contributed by atoms with Crippen molar-refractivity contribution in [1.82, 2.24) is 0 Å². The van der Waals surface area contributed by atoms with Crippen LogP contribution in [0.2, 0.25) is 0 Å². The van der Waals surface area contributed by atoms with Gasteiger partial charge in [-0.25, -0.2) is 0 Å². The number of aryl methyl sites for hydroxylation is 2. The quantitative estimate of drug-likeness (QED) is 0.259. The largest absolute Gasteiger partial charge is 0.504 e. The number of benzene rings is 4. The highest BCUT2D eigenvalue weighted by Crippen LogP contribution is 2.52. The van der Waals surface area contributed by atoms with Crippen LogP contribution in [0.15, 0.2) is 72.8 Å². The van der Waals surface area contributed by atoms with Crippen LogP contribution in [0.3, 0.4) is 0 Å². The zero-order valence-electron chi connectivity index (χ0n) is 18.6. The number of nitrogen functional groups attached to an aromatic ring is 1. The van der Waals surface area contributed by atoms with E-state index in [9.17, 15) is 14.7 Å². The van der Waals surface area contributed by atoms with Gasteiger partial charge in [0.05, 0.1) is 16.8 Å². The molecule has 0 radical (unpaired) electrons. The van der Waals surface area contributed by atoms with Crippen LogP contribution in [-0.4, -0.2) is 16.7 Å². The highest BCUT2D eigenvalue weighted by atomic mass is 16.5. The molecule has 0 amide bonds. The molecule has 0 bridgehead atoms. The number of carbonyl (C=O) groups is 2. The Labute approximate surface area is 196 Å². The normalized spacial score (nSPS) is 12.2. The van der Waals surface area contributed by atoms with E-state index in [0.717, 1.165) is 11.1 Å². The minimum Gasteiger partial charge on any atom is -0.504 e. The lowest BCUT2D eigenvalue weighted by molar-refractivity contribution is 0.0976. The van der Waals surface area contributed by atoms with Crippen molar-refractivity contribution in [3.05, 3.63) is 106 Å². The molecule has 6 heteroatoms. The van der Waals surface area contributed by atoms with Crippen LogP contribution in [0.1, 0.15) is 43.0 Å². The van der Waals surface area contributed by atoms with Crippen LogP contribution in [0.4, 0.5) is 5.69 Å². The number of anilines is 1. The van der Waals surface area contributed by atoms with Gasteiger partial charge in [0.1, 0.15) is 11.5 Å². The fourth-order valence-electron chi connectivity index (χ4n) is 4.10. The Bertz CT molecular complexity index is 1380. The van der Waals surface area contributed by atoms with E-state index in [2.05, 4.69) is 0 Å². The molecular weight excluding hydrogens is 430 g/mol. The summed E-state index contributed by atoms with van der Waals surface area (Å²) < 4.78 is 12.1. The molecular formula is C28H21NO5. The molecule has 1 aliphatic rings. The Morgan fingerprint density at radius 1 is 0.676 bits per heavy atom. The van der Waals surface area contributed by atoms with Crippen molar-refractivity contribution in [2.24, 2.45) is 0 Å². The number of phenols is 1. The molecule has 168 valence electrons. The summed E-state index contributed by atoms with van der Waals surface area (Å²) >= 11 is 0. The highest BCUT2D eigenvalue weighted by Gasteiger charge is 2.38. The number of hydrogen-bond acceptors (Lipinski definition) is 6. The van der Waals surface area contributed by atoms with E-state index in [1.54, 1.807) is 54.6 Å². The van der Waals surface area contributed by atoms with Gasteiger partial charge in [0.25, 0.3) is 0 Å². The van der Waals surface area contributed by atoms with Gasteiger partial charge in [-0.2, -0.15) is 0 Å². The van der Waals surface area contributed by atoms with Crippen molar-refractivity contribution in [1.29, 1.82) is 0 Å². The van der Waals surface area contributed by atoms with Gasteiger partial charge in [0.15, 0.2) is 23.1 Å². The number of ketones is 2. The molecule has 34 heavy (non-hydrogen) atoms. The number of carbonyl (C=O) groups excluding carboxylic acids is 2. The summed E-state index contributed by atoms with van der Waals surface area (Å²) in [5.74, 6) is -0.789. The van der Waals surface area contributed by atoms with Crippen LogP contribution >= 0.6 is 0 Å². The number of phenolic OH excluding ortho intramolecular Hbond substituents is 1. The van der Waals surface area contributed by atoms with E-state index in [0.29, 0.717) is 11.5 Å². The van der Waals surface area contributed by atoms with E-state index in [1.165, 1.54) is 0 Å². The smallest absolute Gasteiger partial charge is 0.214 e. The maximum atomic E-state index is 13.4. The lowest BCUT2D eigenvalue weighted by Crippen LogP contribution is -2.23. The monoisotopic (exact) mass is 451 g/mol. The number of fused-ring (bicyclic) bond motifs is 2. The molecule has 4 aromatic rings. The highest BCUT2D eigenvalue weighted by molar-refractivity contribution is 6.31. The number of rotatable bonds is 4. The second-order valence-electron chi connectivity index (χ2n) is 8.21. The van der Waals surface area contributed by atoms with Crippen LogP contribution in [0.5, 0.6) is 28.7 Å². The van der Waals surface area contributed by atoms with Gasteiger partial charge in [0, 0.05) is 11.1 Å². The molecule has 0 atom stereocenters. The predicted octanol–water partition coefficient (Wildman–Crippen LogP) is 5.95. The fraction of sp³-hybridized carbons (Fsp3) is 0.0714. The number of nitrogens with two attached hydrogens (primary N) is 1. The molecule has 0 saturated heterocycles.